The number of thioether (sulfide) groups is 1. The summed E-state index contributed by atoms with van der Waals surface area (Å²) in [6.07, 6.45) is 3.65. The second-order valence-corrected chi connectivity index (χ2v) is 5.30. The Bertz CT molecular complexity index is 234. The van der Waals surface area contributed by atoms with Crippen LogP contribution in [-0.2, 0) is 0 Å². The van der Waals surface area contributed by atoms with E-state index in [9.17, 15) is 0 Å². The predicted octanol–water partition coefficient (Wildman–Crippen LogP) is 2.14. The van der Waals surface area contributed by atoms with Crippen LogP contribution in [0.5, 0.6) is 0 Å². The van der Waals surface area contributed by atoms with E-state index >= 15 is 0 Å². The van der Waals surface area contributed by atoms with Gasteiger partial charge in [-0.2, -0.15) is 0 Å². The monoisotopic (exact) mass is 213 g/mol. The predicted molar refractivity (Wildman–Crippen MR) is 61.6 cm³/mol. The molecule has 0 amide bonds. The largest absolute Gasteiger partial charge is 0.340 e. The van der Waals surface area contributed by atoms with Crippen LogP contribution in [0.4, 0.5) is 0 Å². The number of rotatable bonds is 6. The summed E-state index contributed by atoms with van der Waals surface area (Å²) in [7, 11) is 0. The quantitative estimate of drug-likeness (QED) is 0.711. The van der Waals surface area contributed by atoms with E-state index in [1.807, 2.05) is 6.20 Å². The van der Waals surface area contributed by atoms with Crippen LogP contribution < -0.4 is 5.32 Å². The third-order valence-electron chi connectivity index (χ3n) is 1.77. The summed E-state index contributed by atoms with van der Waals surface area (Å²) < 4.78 is 0. The van der Waals surface area contributed by atoms with E-state index in [0.29, 0.717) is 5.25 Å². The van der Waals surface area contributed by atoms with Crippen molar-refractivity contribution in [2.45, 2.75) is 31.2 Å². The van der Waals surface area contributed by atoms with Gasteiger partial charge in [0, 0.05) is 24.2 Å². The molecular formula is C10H19N3S. The molecule has 0 radical (unpaired) electrons. The van der Waals surface area contributed by atoms with Gasteiger partial charge in [-0.25, -0.2) is 4.98 Å². The lowest BCUT2D eigenvalue weighted by Gasteiger charge is -2.12. The number of hydrogen-bond donors (Lipinski definition) is 2. The second kappa shape index (κ2) is 6.09. The van der Waals surface area contributed by atoms with Crippen molar-refractivity contribution in [1.82, 2.24) is 15.3 Å². The van der Waals surface area contributed by atoms with Crippen molar-refractivity contribution in [2.24, 2.45) is 5.92 Å². The van der Waals surface area contributed by atoms with Gasteiger partial charge in [-0.3, -0.25) is 0 Å². The van der Waals surface area contributed by atoms with Crippen molar-refractivity contribution in [2.75, 3.05) is 13.1 Å². The third-order valence-corrected chi connectivity index (χ3v) is 2.79. The minimum absolute atomic E-state index is 0.555. The molecule has 1 aromatic heterocycles. The van der Waals surface area contributed by atoms with Gasteiger partial charge in [-0.1, -0.05) is 32.5 Å². The first-order valence-corrected chi connectivity index (χ1v) is 5.93. The van der Waals surface area contributed by atoms with Crippen LogP contribution >= 0.6 is 11.8 Å². The van der Waals surface area contributed by atoms with E-state index in [-0.39, 0.29) is 0 Å². The lowest BCUT2D eigenvalue weighted by atomic mass is 10.2. The number of hydrogen-bond acceptors (Lipinski definition) is 3. The Kier molecular flexibility index (Phi) is 5.04. The number of nitrogens with one attached hydrogen (secondary N) is 2. The number of nitrogens with zero attached hydrogens (tertiary/aromatic N) is 1. The molecule has 0 aliphatic carbocycles. The molecule has 0 bridgehead atoms. The molecule has 0 aromatic carbocycles. The Morgan fingerprint density at radius 1 is 1.43 bits per heavy atom. The molecule has 1 aromatic rings. The van der Waals surface area contributed by atoms with Gasteiger partial charge in [-0.05, 0) is 12.5 Å². The minimum atomic E-state index is 0.555. The average molecular weight is 213 g/mol. The molecule has 14 heavy (non-hydrogen) atoms. The molecular weight excluding hydrogens is 194 g/mol. The zero-order chi connectivity index (χ0) is 10.4. The van der Waals surface area contributed by atoms with E-state index in [0.717, 1.165) is 24.2 Å². The summed E-state index contributed by atoms with van der Waals surface area (Å²) in [6, 6.07) is 0. The van der Waals surface area contributed by atoms with E-state index < -0.39 is 0 Å². The number of imidazole rings is 1. The standard InChI is InChI=1S/C10H19N3S/c1-8(2)6-11-7-9(3)14-10-12-4-5-13-10/h4-5,8-9,11H,6-7H2,1-3H3,(H,12,13). The van der Waals surface area contributed by atoms with Gasteiger partial charge in [0.15, 0.2) is 5.16 Å². The van der Waals surface area contributed by atoms with Crippen molar-refractivity contribution in [3.8, 4) is 0 Å². The lowest BCUT2D eigenvalue weighted by molar-refractivity contribution is 0.553. The second-order valence-electron chi connectivity index (χ2n) is 3.87. The molecule has 1 unspecified atom stereocenters. The highest BCUT2D eigenvalue weighted by Crippen LogP contribution is 2.17. The summed E-state index contributed by atoms with van der Waals surface area (Å²) in [5, 5.41) is 4.99. The van der Waals surface area contributed by atoms with Crippen LogP contribution in [0.2, 0.25) is 0 Å². The molecule has 1 atom stereocenters. The van der Waals surface area contributed by atoms with Gasteiger partial charge < -0.3 is 10.3 Å². The van der Waals surface area contributed by atoms with Crippen molar-refractivity contribution in [3.63, 3.8) is 0 Å². The molecule has 2 N–H and O–H groups in total. The van der Waals surface area contributed by atoms with Crippen LogP contribution in [0, 0.1) is 5.92 Å². The first-order chi connectivity index (χ1) is 6.68. The number of aromatic amines is 1. The minimum Gasteiger partial charge on any atom is -0.340 e. The molecule has 0 spiro atoms. The number of H-pyrrole nitrogens is 1. The fourth-order valence-electron chi connectivity index (χ4n) is 1.12. The Morgan fingerprint density at radius 3 is 2.79 bits per heavy atom. The molecule has 0 saturated carbocycles. The maximum Gasteiger partial charge on any atom is 0.165 e. The van der Waals surface area contributed by atoms with Crippen molar-refractivity contribution < 1.29 is 0 Å². The fourth-order valence-corrected chi connectivity index (χ4v) is 1.96. The lowest BCUT2D eigenvalue weighted by Crippen LogP contribution is -2.26. The Hall–Kier alpha value is -0.480. The van der Waals surface area contributed by atoms with Crippen molar-refractivity contribution in [3.05, 3.63) is 12.4 Å². The van der Waals surface area contributed by atoms with Gasteiger partial charge in [0.1, 0.15) is 0 Å². The van der Waals surface area contributed by atoms with Crippen LogP contribution in [0.3, 0.4) is 0 Å². The van der Waals surface area contributed by atoms with Crippen molar-refractivity contribution in [1.29, 1.82) is 0 Å². The molecule has 0 aliphatic heterocycles. The van der Waals surface area contributed by atoms with Crippen molar-refractivity contribution >= 4 is 11.8 Å². The Labute approximate surface area is 90.1 Å². The van der Waals surface area contributed by atoms with Crippen LogP contribution in [-0.4, -0.2) is 28.3 Å². The zero-order valence-corrected chi connectivity index (χ0v) is 9.90. The van der Waals surface area contributed by atoms with Crippen LogP contribution in [0.25, 0.3) is 0 Å². The average Bonchev–Trinajstić information content (AvgIpc) is 2.56. The highest BCUT2D eigenvalue weighted by atomic mass is 32.2. The molecule has 0 aliphatic rings. The van der Waals surface area contributed by atoms with Gasteiger partial charge in [-0.15, -0.1) is 0 Å². The molecule has 1 heterocycles. The highest BCUT2D eigenvalue weighted by molar-refractivity contribution is 7.99. The van der Waals surface area contributed by atoms with Crippen LogP contribution in [0.1, 0.15) is 20.8 Å². The molecule has 80 valence electrons. The summed E-state index contributed by atoms with van der Waals surface area (Å²) >= 11 is 1.77. The number of aromatic nitrogens is 2. The van der Waals surface area contributed by atoms with Crippen LogP contribution in [0.15, 0.2) is 17.6 Å². The zero-order valence-electron chi connectivity index (χ0n) is 9.08. The molecule has 0 fully saturated rings. The van der Waals surface area contributed by atoms with E-state index in [4.69, 9.17) is 0 Å². The maximum atomic E-state index is 4.18. The van der Waals surface area contributed by atoms with Gasteiger partial charge in [0.25, 0.3) is 0 Å². The van der Waals surface area contributed by atoms with E-state index in [2.05, 4.69) is 36.1 Å². The third kappa shape index (κ3) is 4.67. The highest BCUT2D eigenvalue weighted by Gasteiger charge is 2.05. The normalized spacial score (nSPS) is 13.4. The molecule has 4 heteroatoms. The molecule has 3 nitrogen and oxygen atoms in total. The summed E-state index contributed by atoms with van der Waals surface area (Å²) in [5.41, 5.74) is 0. The van der Waals surface area contributed by atoms with E-state index in [1.54, 1.807) is 18.0 Å². The summed E-state index contributed by atoms with van der Waals surface area (Å²) in [6.45, 7) is 8.77. The maximum absolute atomic E-state index is 4.18. The van der Waals surface area contributed by atoms with Gasteiger partial charge >= 0.3 is 0 Å². The van der Waals surface area contributed by atoms with Gasteiger partial charge in [0.2, 0.25) is 0 Å². The molecule has 1 rings (SSSR count). The SMILES string of the molecule is CC(C)CNCC(C)Sc1ncc[nH]1. The smallest absolute Gasteiger partial charge is 0.165 e. The Morgan fingerprint density at radius 2 is 2.21 bits per heavy atom. The Balaban J connectivity index is 2.13. The summed E-state index contributed by atoms with van der Waals surface area (Å²) in [5.74, 6) is 0.718. The first kappa shape index (κ1) is 11.6. The summed E-state index contributed by atoms with van der Waals surface area (Å²) in [4.78, 5) is 7.27. The van der Waals surface area contributed by atoms with Gasteiger partial charge in [0.05, 0.1) is 0 Å². The fraction of sp³-hybridized carbons (Fsp3) is 0.700. The topological polar surface area (TPSA) is 40.7 Å². The molecule has 0 saturated heterocycles. The first-order valence-electron chi connectivity index (χ1n) is 5.05. The van der Waals surface area contributed by atoms with E-state index in [1.165, 1.54) is 0 Å².